The van der Waals surface area contributed by atoms with Gasteiger partial charge in [0.2, 0.25) is 0 Å². The lowest BCUT2D eigenvalue weighted by Gasteiger charge is -2.09. The van der Waals surface area contributed by atoms with Gasteiger partial charge in [-0.3, -0.25) is 4.57 Å². The molecule has 0 bridgehead atoms. The highest BCUT2D eigenvalue weighted by Crippen LogP contribution is 2.21. The molecule has 0 saturated carbocycles. The van der Waals surface area contributed by atoms with Crippen LogP contribution in [0.2, 0.25) is 0 Å². The SMILES string of the molecule is c1ccc(-n2c(CCn3ccnc3)nc3ccccc32)cc1. The Hall–Kier alpha value is -2.88. The summed E-state index contributed by atoms with van der Waals surface area (Å²) in [5, 5.41) is 0. The van der Waals surface area contributed by atoms with Crippen molar-refractivity contribution in [2.24, 2.45) is 0 Å². The lowest BCUT2D eigenvalue weighted by molar-refractivity contribution is 0.666. The number of aryl methyl sites for hydroxylation is 2. The van der Waals surface area contributed by atoms with Crippen molar-refractivity contribution in [1.82, 2.24) is 19.1 Å². The summed E-state index contributed by atoms with van der Waals surface area (Å²) in [5.41, 5.74) is 3.33. The number of fused-ring (bicyclic) bond motifs is 1. The van der Waals surface area contributed by atoms with Crippen LogP contribution in [0, 0.1) is 0 Å². The van der Waals surface area contributed by atoms with Crippen LogP contribution in [0.15, 0.2) is 73.3 Å². The van der Waals surface area contributed by atoms with Crippen LogP contribution in [0.3, 0.4) is 0 Å². The lowest BCUT2D eigenvalue weighted by Crippen LogP contribution is -2.06. The largest absolute Gasteiger partial charge is 0.337 e. The maximum absolute atomic E-state index is 4.82. The van der Waals surface area contributed by atoms with E-state index in [1.54, 1.807) is 6.20 Å². The summed E-state index contributed by atoms with van der Waals surface area (Å²) in [6.45, 7) is 0.871. The van der Waals surface area contributed by atoms with Crippen molar-refractivity contribution in [3.8, 4) is 5.69 Å². The van der Waals surface area contributed by atoms with Gasteiger partial charge in [0.25, 0.3) is 0 Å². The van der Waals surface area contributed by atoms with Gasteiger partial charge >= 0.3 is 0 Å². The van der Waals surface area contributed by atoms with E-state index in [9.17, 15) is 0 Å². The number of imidazole rings is 2. The molecule has 4 nitrogen and oxygen atoms in total. The van der Waals surface area contributed by atoms with E-state index in [4.69, 9.17) is 4.98 Å². The highest BCUT2D eigenvalue weighted by atomic mass is 15.1. The molecule has 0 spiro atoms. The van der Waals surface area contributed by atoms with Gasteiger partial charge in [0.15, 0.2) is 0 Å². The summed E-state index contributed by atoms with van der Waals surface area (Å²) in [4.78, 5) is 8.91. The van der Waals surface area contributed by atoms with Crippen LogP contribution in [0.5, 0.6) is 0 Å². The fourth-order valence-corrected chi connectivity index (χ4v) is 2.76. The van der Waals surface area contributed by atoms with Gasteiger partial charge in [0.1, 0.15) is 5.82 Å². The zero-order valence-electron chi connectivity index (χ0n) is 12.1. The van der Waals surface area contributed by atoms with E-state index in [-0.39, 0.29) is 0 Å². The molecule has 0 fully saturated rings. The molecule has 108 valence electrons. The molecule has 4 heteroatoms. The number of hydrogen-bond acceptors (Lipinski definition) is 2. The Morgan fingerprint density at radius 2 is 1.73 bits per heavy atom. The average Bonchev–Trinajstić information content (AvgIpc) is 3.21. The third-order valence-corrected chi connectivity index (χ3v) is 3.80. The van der Waals surface area contributed by atoms with Crippen molar-refractivity contribution < 1.29 is 0 Å². The number of rotatable bonds is 4. The minimum absolute atomic E-state index is 0.861. The lowest BCUT2D eigenvalue weighted by atomic mass is 10.2. The molecule has 0 aliphatic carbocycles. The van der Waals surface area contributed by atoms with Gasteiger partial charge in [-0.05, 0) is 24.3 Å². The molecule has 22 heavy (non-hydrogen) atoms. The van der Waals surface area contributed by atoms with Crippen molar-refractivity contribution in [1.29, 1.82) is 0 Å². The molecule has 0 N–H and O–H groups in total. The Labute approximate surface area is 128 Å². The molecule has 0 aliphatic heterocycles. The second kappa shape index (κ2) is 5.48. The van der Waals surface area contributed by atoms with Gasteiger partial charge in [-0.1, -0.05) is 30.3 Å². The zero-order chi connectivity index (χ0) is 14.8. The first-order valence-electron chi connectivity index (χ1n) is 7.39. The molecular weight excluding hydrogens is 272 g/mol. The van der Waals surface area contributed by atoms with Gasteiger partial charge in [0.05, 0.1) is 17.4 Å². The van der Waals surface area contributed by atoms with Gasteiger partial charge in [0, 0.05) is 31.0 Å². The van der Waals surface area contributed by atoms with E-state index in [0.29, 0.717) is 0 Å². The summed E-state index contributed by atoms with van der Waals surface area (Å²) in [6, 6.07) is 18.7. The van der Waals surface area contributed by atoms with E-state index in [1.165, 1.54) is 0 Å². The third kappa shape index (κ3) is 2.29. The molecule has 4 rings (SSSR count). The summed E-state index contributed by atoms with van der Waals surface area (Å²) < 4.78 is 4.32. The van der Waals surface area contributed by atoms with Gasteiger partial charge in [-0.15, -0.1) is 0 Å². The van der Waals surface area contributed by atoms with Crippen molar-refractivity contribution in [2.75, 3.05) is 0 Å². The fraction of sp³-hybridized carbons (Fsp3) is 0.111. The van der Waals surface area contributed by atoms with E-state index in [0.717, 1.165) is 35.5 Å². The smallest absolute Gasteiger partial charge is 0.116 e. The third-order valence-electron chi connectivity index (χ3n) is 3.80. The first kappa shape index (κ1) is 12.8. The highest BCUT2D eigenvalue weighted by Gasteiger charge is 2.11. The molecule has 2 heterocycles. The Kier molecular flexibility index (Phi) is 3.20. The maximum Gasteiger partial charge on any atom is 0.116 e. The van der Waals surface area contributed by atoms with Crippen LogP contribution in [-0.4, -0.2) is 19.1 Å². The molecule has 2 aromatic heterocycles. The average molecular weight is 288 g/mol. The van der Waals surface area contributed by atoms with Gasteiger partial charge in [-0.2, -0.15) is 0 Å². The molecule has 0 unspecified atom stereocenters. The van der Waals surface area contributed by atoms with Crippen LogP contribution < -0.4 is 0 Å². The number of nitrogens with zero attached hydrogens (tertiary/aromatic N) is 4. The molecule has 4 aromatic rings. The second-order valence-corrected chi connectivity index (χ2v) is 5.24. The van der Waals surface area contributed by atoms with Crippen molar-refractivity contribution in [3.05, 3.63) is 79.1 Å². The van der Waals surface area contributed by atoms with E-state index >= 15 is 0 Å². The van der Waals surface area contributed by atoms with Gasteiger partial charge < -0.3 is 4.57 Å². The topological polar surface area (TPSA) is 35.6 Å². The Bertz CT molecular complexity index is 876. The standard InChI is InChI=1S/C18H16N4/c1-2-6-15(7-3-1)22-17-9-5-4-8-16(17)20-18(22)10-12-21-13-11-19-14-21/h1-9,11,13-14H,10,12H2. The van der Waals surface area contributed by atoms with E-state index in [1.807, 2.05) is 24.7 Å². The minimum Gasteiger partial charge on any atom is -0.337 e. The van der Waals surface area contributed by atoms with Crippen LogP contribution in [-0.2, 0) is 13.0 Å². The number of hydrogen-bond donors (Lipinski definition) is 0. The first-order chi connectivity index (χ1) is 10.9. The van der Waals surface area contributed by atoms with Crippen molar-refractivity contribution >= 4 is 11.0 Å². The van der Waals surface area contributed by atoms with Crippen LogP contribution in [0.1, 0.15) is 5.82 Å². The predicted molar refractivity (Wildman–Crippen MR) is 87.0 cm³/mol. The van der Waals surface area contributed by atoms with Crippen LogP contribution >= 0.6 is 0 Å². The Morgan fingerprint density at radius 1 is 0.909 bits per heavy atom. The monoisotopic (exact) mass is 288 g/mol. The predicted octanol–water partition coefficient (Wildman–Crippen LogP) is 3.46. The van der Waals surface area contributed by atoms with E-state index < -0.39 is 0 Å². The molecule has 0 amide bonds. The number of aromatic nitrogens is 4. The van der Waals surface area contributed by atoms with Crippen LogP contribution in [0.25, 0.3) is 16.7 Å². The Morgan fingerprint density at radius 3 is 2.55 bits per heavy atom. The molecule has 0 radical (unpaired) electrons. The molecule has 0 saturated heterocycles. The maximum atomic E-state index is 4.82. The van der Waals surface area contributed by atoms with Gasteiger partial charge in [-0.25, -0.2) is 9.97 Å². The summed E-state index contributed by atoms with van der Waals surface area (Å²) in [5.74, 6) is 1.07. The van der Waals surface area contributed by atoms with Crippen molar-refractivity contribution in [3.63, 3.8) is 0 Å². The number of para-hydroxylation sites is 3. The fourth-order valence-electron chi connectivity index (χ4n) is 2.76. The Balaban J connectivity index is 1.79. The summed E-state index contributed by atoms with van der Waals surface area (Å²) in [6.07, 6.45) is 6.49. The zero-order valence-corrected chi connectivity index (χ0v) is 12.1. The van der Waals surface area contributed by atoms with Crippen LogP contribution in [0.4, 0.5) is 0 Å². The summed E-state index contributed by atoms with van der Waals surface area (Å²) >= 11 is 0. The summed E-state index contributed by atoms with van der Waals surface area (Å²) in [7, 11) is 0. The molecule has 0 aliphatic rings. The molecular formula is C18H16N4. The molecule has 2 aromatic carbocycles. The number of benzene rings is 2. The second-order valence-electron chi connectivity index (χ2n) is 5.24. The highest BCUT2D eigenvalue weighted by molar-refractivity contribution is 5.78. The molecule has 0 atom stereocenters. The minimum atomic E-state index is 0.861. The van der Waals surface area contributed by atoms with E-state index in [2.05, 4.69) is 56.6 Å². The first-order valence-corrected chi connectivity index (χ1v) is 7.39. The van der Waals surface area contributed by atoms with Crippen molar-refractivity contribution in [2.45, 2.75) is 13.0 Å². The normalized spacial score (nSPS) is 11.1. The quantitative estimate of drug-likeness (QED) is 0.576.